The van der Waals surface area contributed by atoms with Crippen LogP contribution in [0.1, 0.15) is 18.0 Å². The van der Waals surface area contributed by atoms with Crippen LogP contribution < -0.4 is 15.6 Å². The van der Waals surface area contributed by atoms with Crippen LogP contribution in [0.25, 0.3) is 0 Å². The van der Waals surface area contributed by atoms with Gasteiger partial charge in [0.2, 0.25) is 0 Å². The number of nitrogens with one attached hydrogen (secondary N) is 2. The number of urea groups is 1. The van der Waals surface area contributed by atoms with Crippen LogP contribution in [-0.2, 0) is 16.6 Å². The molecule has 34 heavy (non-hydrogen) atoms. The summed E-state index contributed by atoms with van der Waals surface area (Å²) in [4.78, 5) is 27.3. The zero-order valence-electron chi connectivity index (χ0n) is 18.1. The summed E-state index contributed by atoms with van der Waals surface area (Å²) >= 11 is 0. The maximum atomic E-state index is 13.2. The number of benzene rings is 2. The number of hydrogen-bond donors (Lipinski definition) is 2. The van der Waals surface area contributed by atoms with Gasteiger partial charge in [-0.1, -0.05) is 18.2 Å². The van der Waals surface area contributed by atoms with Gasteiger partial charge in [-0.05, 0) is 54.8 Å². The molecule has 2 unspecified atom stereocenters. The van der Waals surface area contributed by atoms with Crippen LogP contribution in [0.4, 0.5) is 20.6 Å². The van der Waals surface area contributed by atoms with Crippen molar-refractivity contribution < 1.29 is 17.6 Å². The van der Waals surface area contributed by atoms with E-state index in [1.54, 1.807) is 27.7 Å². The lowest BCUT2D eigenvalue weighted by Crippen LogP contribution is -2.50. The molecule has 2 N–H and O–H groups in total. The number of halogens is 1. The Bertz CT molecular complexity index is 1390. The van der Waals surface area contributed by atoms with Crippen LogP contribution in [0.3, 0.4) is 0 Å². The molecule has 1 fully saturated rings. The molecule has 2 aliphatic heterocycles. The second kappa shape index (κ2) is 8.60. The number of piperidine rings is 1. The van der Waals surface area contributed by atoms with Gasteiger partial charge < -0.3 is 14.8 Å². The van der Waals surface area contributed by atoms with E-state index in [1.807, 2.05) is 0 Å². The van der Waals surface area contributed by atoms with Gasteiger partial charge in [0.05, 0.1) is 16.3 Å². The van der Waals surface area contributed by atoms with Crippen LogP contribution in [0.5, 0.6) is 0 Å². The average molecular weight is 483 g/mol. The smallest absolute Gasteiger partial charge is 0.321 e. The van der Waals surface area contributed by atoms with Crippen molar-refractivity contribution in [3.8, 4) is 0 Å². The van der Waals surface area contributed by atoms with E-state index in [-0.39, 0.29) is 28.3 Å². The van der Waals surface area contributed by atoms with E-state index in [0.29, 0.717) is 36.7 Å². The van der Waals surface area contributed by atoms with E-state index in [0.717, 1.165) is 6.42 Å². The van der Waals surface area contributed by atoms with Crippen molar-refractivity contribution >= 4 is 27.4 Å². The standard InChI is InChI=1S/C24H23FN4O4S/c25-18-6-8-19(9-7-18)26-24(31)28-13-16-12-17(15-28)23-21(10-11-22(30)29(23)14-16)27-34(32,33)20-4-2-1-3-5-20/h1-11,16-17,27H,12-15H2,(H,26,31). The number of carbonyl (C=O) groups is 1. The second-order valence-electron chi connectivity index (χ2n) is 8.64. The predicted molar refractivity (Wildman–Crippen MR) is 126 cm³/mol. The highest BCUT2D eigenvalue weighted by molar-refractivity contribution is 7.92. The van der Waals surface area contributed by atoms with Gasteiger partial charge in [0.25, 0.3) is 15.6 Å². The molecule has 2 bridgehead atoms. The van der Waals surface area contributed by atoms with Gasteiger partial charge in [-0.15, -0.1) is 0 Å². The Morgan fingerprint density at radius 2 is 1.68 bits per heavy atom. The Hall–Kier alpha value is -3.66. The lowest BCUT2D eigenvalue weighted by Gasteiger charge is -2.43. The summed E-state index contributed by atoms with van der Waals surface area (Å²) in [7, 11) is -3.85. The van der Waals surface area contributed by atoms with Crippen molar-refractivity contribution in [2.24, 2.45) is 5.92 Å². The largest absolute Gasteiger partial charge is 0.324 e. The first-order valence-corrected chi connectivity index (χ1v) is 12.4. The summed E-state index contributed by atoms with van der Waals surface area (Å²) < 4.78 is 43.3. The Morgan fingerprint density at radius 1 is 0.941 bits per heavy atom. The Labute approximate surface area is 196 Å². The van der Waals surface area contributed by atoms with Crippen molar-refractivity contribution in [2.45, 2.75) is 23.8 Å². The molecule has 2 amide bonds. The maximum Gasteiger partial charge on any atom is 0.321 e. The maximum absolute atomic E-state index is 13.2. The molecule has 0 radical (unpaired) electrons. The van der Waals surface area contributed by atoms with Crippen LogP contribution >= 0.6 is 0 Å². The van der Waals surface area contributed by atoms with Crippen molar-refractivity contribution in [3.05, 3.63) is 88.6 Å². The van der Waals surface area contributed by atoms with Crippen LogP contribution in [0.15, 0.2) is 76.4 Å². The fourth-order valence-corrected chi connectivity index (χ4v) is 5.90. The number of carbonyl (C=O) groups excluding carboxylic acids is 1. The van der Waals surface area contributed by atoms with Gasteiger partial charge in [0.1, 0.15) is 5.82 Å². The number of pyridine rings is 1. The summed E-state index contributed by atoms with van der Waals surface area (Å²) in [6.45, 7) is 1.19. The first kappa shape index (κ1) is 22.1. The minimum atomic E-state index is -3.85. The fraction of sp³-hybridized carbons (Fsp3) is 0.250. The number of aromatic nitrogens is 1. The SMILES string of the molecule is O=C(Nc1ccc(F)cc1)N1CC2CC(C1)c1c(NS(=O)(=O)c3ccccc3)ccc(=O)n1C2. The molecule has 0 saturated carbocycles. The molecule has 2 aromatic carbocycles. The number of anilines is 2. The zero-order valence-corrected chi connectivity index (χ0v) is 19.0. The summed E-state index contributed by atoms with van der Waals surface area (Å²) in [5.74, 6) is -0.546. The highest BCUT2D eigenvalue weighted by atomic mass is 32.2. The molecule has 2 atom stereocenters. The Morgan fingerprint density at radius 3 is 2.41 bits per heavy atom. The first-order valence-electron chi connectivity index (χ1n) is 10.9. The number of amides is 2. The topological polar surface area (TPSA) is 101 Å². The number of rotatable bonds is 4. The molecule has 1 saturated heterocycles. The molecule has 8 nitrogen and oxygen atoms in total. The molecule has 0 spiro atoms. The molecule has 1 aromatic heterocycles. The molecule has 10 heteroatoms. The summed E-state index contributed by atoms with van der Waals surface area (Å²) in [5, 5.41) is 2.78. The first-order chi connectivity index (χ1) is 16.3. The van der Waals surface area contributed by atoms with Gasteiger partial charge in [-0.3, -0.25) is 9.52 Å². The van der Waals surface area contributed by atoms with Crippen molar-refractivity contribution in [2.75, 3.05) is 23.1 Å². The minimum absolute atomic E-state index is 0.0592. The molecule has 0 aliphatic carbocycles. The Balaban J connectivity index is 1.42. The van der Waals surface area contributed by atoms with E-state index in [2.05, 4.69) is 10.0 Å². The van der Waals surface area contributed by atoms with E-state index in [1.165, 1.54) is 48.5 Å². The van der Waals surface area contributed by atoms with Crippen LogP contribution in [0, 0.1) is 11.7 Å². The Kier molecular flexibility index (Phi) is 5.60. The normalized spacial score (nSPS) is 19.3. The third-order valence-electron chi connectivity index (χ3n) is 6.27. The van der Waals surface area contributed by atoms with E-state index in [4.69, 9.17) is 0 Å². The molecule has 3 aromatic rings. The predicted octanol–water partition coefficient (Wildman–Crippen LogP) is 3.44. The van der Waals surface area contributed by atoms with Crippen LogP contribution in [0.2, 0.25) is 0 Å². The number of nitrogens with zero attached hydrogens (tertiary/aromatic N) is 2. The van der Waals surface area contributed by atoms with Gasteiger partial charge in [-0.2, -0.15) is 0 Å². The molecular formula is C24H23FN4O4S. The molecule has 2 aliphatic rings. The lowest BCUT2D eigenvalue weighted by atomic mass is 9.82. The average Bonchev–Trinajstić information content (AvgIpc) is 2.82. The monoisotopic (exact) mass is 482 g/mol. The van der Waals surface area contributed by atoms with Gasteiger partial charge in [-0.25, -0.2) is 17.6 Å². The summed E-state index contributed by atoms with van der Waals surface area (Å²) in [6, 6.07) is 16.1. The number of sulfonamides is 1. The zero-order chi connectivity index (χ0) is 23.9. The fourth-order valence-electron chi connectivity index (χ4n) is 4.81. The molecular weight excluding hydrogens is 459 g/mol. The second-order valence-corrected chi connectivity index (χ2v) is 10.3. The van der Waals surface area contributed by atoms with Gasteiger partial charge >= 0.3 is 6.03 Å². The third kappa shape index (κ3) is 4.28. The quantitative estimate of drug-likeness (QED) is 0.595. The minimum Gasteiger partial charge on any atom is -0.324 e. The third-order valence-corrected chi connectivity index (χ3v) is 7.65. The number of likely N-dealkylation sites (tertiary alicyclic amines) is 1. The van der Waals surface area contributed by atoms with E-state index < -0.39 is 15.8 Å². The molecule has 5 rings (SSSR count). The van der Waals surface area contributed by atoms with Gasteiger partial charge in [0.15, 0.2) is 0 Å². The lowest BCUT2D eigenvalue weighted by molar-refractivity contribution is 0.140. The summed E-state index contributed by atoms with van der Waals surface area (Å²) in [5.41, 5.74) is 1.21. The van der Waals surface area contributed by atoms with Crippen LogP contribution in [-0.4, -0.2) is 37.0 Å². The number of fused-ring (bicyclic) bond motifs is 4. The van der Waals surface area contributed by atoms with E-state index >= 15 is 0 Å². The van der Waals surface area contributed by atoms with Crippen molar-refractivity contribution in [1.82, 2.24) is 9.47 Å². The molecule has 3 heterocycles. The summed E-state index contributed by atoms with van der Waals surface area (Å²) in [6.07, 6.45) is 0.740. The van der Waals surface area contributed by atoms with Crippen molar-refractivity contribution in [3.63, 3.8) is 0 Å². The highest BCUT2D eigenvalue weighted by Crippen LogP contribution is 2.39. The van der Waals surface area contributed by atoms with Crippen molar-refractivity contribution in [1.29, 1.82) is 0 Å². The highest BCUT2D eigenvalue weighted by Gasteiger charge is 2.38. The molecule has 176 valence electrons. The van der Waals surface area contributed by atoms with E-state index in [9.17, 15) is 22.4 Å². The van der Waals surface area contributed by atoms with Gasteiger partial charge in [0, 0.05) is 37.3 Å². The number of hydrogen-bond acceptors (Lipinski definition) is 4.